The van der Waals surface area contributed by atoms with E-state index in [4.69, 9.17) is 4.74 Å². The van der Waals surface area contributed by atoms with Crippen LogP contribution in [0.25, 0.3) is 0 Å². The highest BCUT2D eigenvalue weighted by Gasteiger charge is 2.30. The Morgan fingerprint density at radius 2 is 1.79 bits per heavy atom. The van der Waals surface area contributed by atoms with Gasteiger partial charge >= 0.3 is 6.18 Å². The van der Waals surface area contributed by atoms with Gasteiger partial charge in [0.2, 0.25) is 0 Å². The minimum atomic E-state index is -4.46. The lowest BCUT2D eigenvalue weighted by Gasteiger charge is -2.13. The van der Waals surface area contributed by atoms with Crippen LogP contribution in [0.3, 0.4) is 0 Å². The number of pyridine rings is 1. The van der Waals surface area contributed by atoms with E-state index in [9.17, 15) is 22.6 Å². The monoisotopic (exact) mass is 489 g/mol. The third-order valence-electron chi connectivity index (χ3n) is 4.85. The van der Waals surface area contributed by atoms with Crippen molar-refractivity contribution in [1.82, 2.24) is 4.98 Å². The van der Waals surface area contributed by atoms with Crippen LogP contribution >= 0.6 is 0 Å². The van der Waals surface area contributed by atoms with E-state index in [2.05, 4.69) is 23.6 Å². The first-order valence-corrected chi connectivity index (χ1v) is 11.9. The molecule has 0 radical (unpaired) electrons. The molecule has 1 aromatic heterocycles. The molecular formula is C25H26F3N3O2S. The molecule has 2 unspecified atom stereocenters. The van der Waals surface area contributed by atoms with Crippen molar-refractivity contribution < 1.29 is 22.1 Å². The van der Waals surface area contributed by atoms with Crippen molar-refractivity contribution in [3.8, 4) is 17.6 Å². The summed E-state index contributed by atoms with van der Waals surface area (Å²) in [4.78, 5) is 4.36. The fourth-order valence-electron chi connectivity index (χ4n) is 2.83. The van der Waals surface area contributed by atoms with Crippen molar-refractivity contribution >= 4 is 16.7 Å². The summed E-state index contributed by atoms with van der Waals surface area (Å²) in [6.45, 7) is 8.16. The van der Waals surface area contributed by atoms with Gasteiger partial charge in [-0.05, 0) is 66.4 Å². The number of nitrogens with one attached hydrogen (secondary N) is 1. The minimum Gasteiger partial charge on any atom is -0.454 e. The van der Waals surface area contributed by atoms with Gasteiger partial charge in [-0.2, -0.15) is 18.4 Å². The van der Waals surface area contributed by atoms with Gasteiger partial charge in [0, 0.05) is 11.9 Å². The lowest BCUT2D eigenvalue weighted by Crippen LogP contribution is -2.07. The Kier molecular flexibility index (Phi) is 9.63. The highest BCUT2D eigenvalue weighted by atomic mass is 32.2. The number of hydrogen-bond donors (Lipinski definition) is 1. The number of ether oxygens (including phenoxy) is 1. The first-order chi connectivity index (χ1) is 16.2. The molecule has 0 fully saturated rings. The van der Waals surface area contributed by atoms with Gasteiger partial charge in [-0.3, -0.25) is 4.98 Å². The number of rotatable bonds is 7. The fraction of sp³-hybridized carbons (Fsp3) is 0.280. The van der Waals surface area contributed by atoms with Gasteiger partial charge in [-0.15, -0.1) is 0 Å². The molecule has 0 aliphatic heterocycles. The van der Waals surface area contributed by atoms with Crippen LogP contribution in [0.2, 0.25) is 0 Å². The topological polar surface area (TPSA) is 75.0 Å². The predicted octanol–water partition coefficient (Wildman–Crippen LogP) is 7.44. The molecule has 34 heavy (non-hydrogen) atoms. The maximum atomic E-state index is 12.7. The van der Waals surface area contributed by atoms with Gasteiger partial charge in [0.15, 0.2) is 0 Å². The van der Waals surface area contributed by atoms with Crippen molar-refractivity contribution in [2.75, 3.05) is 4.72 Å². The van der Waals surface area contributed by atoms with Crippen LogP contribution in [-0.2, 0) is 17.2 Å². The van der Waals surface area contributed by atoms with Crippen LogP contribution in [0.5, 0.6) is 11.5 Å². The summed E-state index contributed by atoms with van der Waals surface area (Å²) in [5.74, 6) is 1.11. The van der Waals surface area contributed by atoms with Crippen molar-refractivity contribution in [1.29, 1.82) is 5.26 Å². The summed E-state index contributed by atoms with van der Waals surface area (Å²) in [6.07, 6.45) is -0.186. The first kappa shape index (κ1) is 26.9. The van der Waals surface area contributed by atoms with E-state index < -0.39 is 22.7 Å². The number of hydrogen-bond acceptors (Lipinski definition) is 4. The standard InChI is InChI=1S/C23H20F3N3O2S.C2H6/c1-3-15(2)17-11-20(14-28-13-17)31-22-9-6-19(10-16(22)12-27)29-32(30)21-7-4-18(5-8-21)23(24,25)26;1-2/h4-11,13-15,29H,3H2,1-2H3;1-2H3. The minimum absolute atomic E-state index is 0.171. The smallest absolute Gasteiger partial charge is 0.416 e. The maximum absolute atomic E-state index is 12.7. The van der Waals surface area contributed by atoms with Gasteiger partial charge in [-0.1, -0.05) is 27.7 Å². The molecule has 0 bridgehead atoms. The second-order valence-corrected chi connectivity index (χ2v) is 8.29. The molecule has 0 aliphatic rings. The summed E-state index contributed by atoms with van der Waals surface area (Å²) in [5, 5.41) is 9.50. The highest BCUT2D eigenvalue weighted by Crippen LogP contribution is 2.31. The van der Waals surface area contributed by atoms with Crippen LogP contribution < -0.4 is 9.46 Å². The number of nitrogens with zero attached hydrogens (tertiary/aromatic N) is 2. The molecule has 3 rings (SSSR count). The summed E-state index contributed by atoms with van der Waals surface area (Å²) in [6, 6.07) is 12.5. The zero-order valence-corrected chi connectivity index (χ0v) is 20.1. The van der Waals surface area contributed by atoms with Gasteiger partial charge in [-0.25, -0.2) is 4.21 Å². The van der Waals surface area contributed by atoms with Crippen LogP contribution in [0.15, 0.2) is 65.8 Å². The van der Waals surface area contributed by atoms with Gasteiger partial charge in [0.25, 0.3) is 0 Å². The number of anilines is 1. The first-order valence-electron chi connectivity index (χ1n) is 10.7. The molecule has 1 heterocycles. The molecule has 2 atom stereocenters. The Bertz CT molecular complexity index is 1160. The lowest BCUT2D eigenvalue weighted by atomic mass is 10.0. The number of halogens is 3. The lowest BCUT2D eigenvalue weighted by molar-refractivity contribution is -0.137. The second kappa shape index (κ2) is 12.2. The van der Waals surface area contributed by atoms with Gasteiger partial charge < -0.3 is 9.46 Å². The van der Waals surface area contributed by atoms with Crippen molar-refractivity contribution in [3.05, 3.63) is 77.6 Å². The van der Waals surface area contributed by atoms with Crippen LogP contribution in [0.1, 0.15) is 56.7 Å². The molecule has 0 spiro atoms. The fourth-order valence-corrected chi connectivity index (χ4v) is 3.67. The number of aromatic nitrogens is 1. The molecule has 1 N–H and O–H groups in total. The molecule has 0 aliphatic carbocycles. The largest absolute Gasteiger partial charge is 0.454 e. The molecule has 9 heteroatoms. The molecule has 5 nitrogen and oxygen atoms in total. The van der Waals surface area contributed by atoms with E-state index in [1.807, 2.05) is 26.0 Å². The average Bonchev–Trinajstić information content (AvgIpc) is 2.85. The Balaban J connectivity index is 0.00000199. The van der Waals surface area contributed by atoms with Crippen LogP contribution in [0.4, 0.5) is 18.9 Å². The van der Waals surface area contributed by atoms with E-state index in [1.165, 1.54) is 6.07 Å². The summed E-state index contributed by atoms with van der Waals surface area (Å²) in [5.41, 5.74) is 0.763. The van der Waals surface area contributed by atoms with Gasteiger partial charge in [0.1, 0.15) is 28.6 Å². The molecule has 0 saturated heterocycles. The SMILES string of the molecule is CC.CCC(C)c1cncc(Oc2ccc(NS(=O)c3ccc(C(F)(F)F)cc3)cc2C#N)c1. The van der Waals surface area contributed by atoms with Crippen molar-refractivity contribution in [2.45, 2.75) is 51.1 Å². The number of benzene rings is 2. The van der Waals surface area contributed by atoms with E-state index in [-0.39, 0.29) is 10.5 Å². The van der Waals surface area contributed by atoms with E-state index in [0.717, 1.165) is 36.2 Å². The molecule has 180 valence electrons. The molecule has 0 amide bonds. The molecule has 0 saturated carbocycles. The second-order valence-electron chi connectivity index (χ2n) is 7.08. The average molecular weight is 490 g/mol. The van der Waals surface area contributed by atoms with Crippen LogP contribution in [0, 0.1) is 11.3 Å². The Hall–Kier alpha value is -3.38. The summed E-state index contributed by atoms with van der Waals surface area (Å²) < 4.78 is 59.1. The third kappa shape index (κ3) is 7.06. The normalized spacial score (nSPS) is 12.5. The maximum Gasteiger partial charge on any atom is 0.416 e. The number of nitriles is 1. The molecule has 3 aromatic rings. The quantitative estimate of drug-likeness (QED) is 0.374. The van der Waals surface area contributed by atoms with Gasteiger partial charge in [0.05, 0.1) is 22.2 Å². The predicted molar refractivity (Wildman–Crippen MR) is 127 cm³/mol. The molecular weight excluding hydrogens is 463 g/mol. The zero-order valence-electron chi connectivity index (χ0n) is 19.3. The van der Waals surface area contributed by atoms with E-state index in [1.54, 1.807) is 24.5 Å². The Morgan fingerprint density at radius 1 is 1.12 bits per heavy atom. The van der Waals surface area contributed by atoms with Crippen molar-refractivity contribution in [2.24, 2.45) is 0 Å². The summed E-state index contributed by atoms with van der Waals surface area (Å²) in [7, 11) is -1.81. The molecule has 2 aromatic carbocycles. The number of alkyl halides is 3. The Labute approximate surface area is 200 Å². The van der Waals surface area contributed by atoms with E-state index >= 15 is 0 Å². The van der Waals surface area contributed by atoms with Crippen molar-refractivity contribution in [3.63, 3.8) is 0 Å². The highest BCUT2D eigenvalue weighted by molar-refractivity contribution is 7.86. The summed E-state index contributed by atoms with van der Waals surface area (Å²) >= 11 is 0. The van der Waals surface area contributed by atoms with E-state index in [0.29, 0.717) is 23.1 Å². The third-order valence-corrected chi connectivity index (χ3v) is 5.97. The Morgan fingerprint density at radius 3 is 2.38 bits per heavy atom. The van der Waals surface area contributed by atoms with Crippen LogP contribution in [-0.4, -0.2) is 9.19 Å². The zero-order chi connectivity index (χ0) is 25.3.